The maximum Gasteiger partial charge on any atom is 0.335 e. The number of hydrogen-bond acceptors (Lipinski definition) is 3. The van der Waals surface area contributed by atoms with Crippen LogP contribution in [0.1, 0.15) is 89.7 Å². The molecule has 1 aromatic carbocycles. The molecule has 0 bridgehead atoms. The Morgan fingerprint density at radius 2 is 1.73 bits per heavy atom. The molecule has 0 aliphatic heterocycles. The van der Waals surface area contributed by atoms with E-state index in [0.717, 1.165) is 56.2 Å². The van der Waals surface area contributed by atoms with Crippen LogP contribution in [0.5, 0.6) is 0 Å². The molecule has 0 unspecified atom stereocenters. The molecule has 0 aromatic heterocycles. The lowest BCUT2D eigenvalue weighted by molar-refractivity contribution is -0.126. The van der Waals surface area contributed by atoms with Crippen LogP contribution in [0.25, 0.3) is 0 Å². The number of urea groups is 1. The summed E-state index contributed by atoms with van der Waals surface area (Å²) < 4.78 is 0. The van der Waals surface area contributed by atoms with Gasteiger partial charge >= 0.3 is 6.03 Å². The first kappa shape index (κ1) is 26.9. The summed E-state index contributed by atoms with van der Waals surface area (Å²) in [6.45, 7) is 9.78. The fourth-order valence-electron chi connectivity index (χ4n) is 4.27. The highest BCUT2D eigenvalue weighted by Crippen LogP contribution is 2.28. The van der Waals surface area contributed by atoms with Crippen LogP contribution in [0.15, 0.2) is 29.4 Å². The molecule has 0 saturated heterocycles. The average molecular weight is 457 g/mol. The predicted octanol–water partition coefficient (Wildman–Crippen LogP) is 5.70. The second kappa shape index (κ2) is 14.7. The topological polar surface area (TPSA) is 82.6 Å². The number of hydrogen-bond donors (Lipinski definition) is 3. The van der Waals surface area contributed by atoms with Crippen molar-refractivity contribution in [1.82, 2.24) is 16.1 Å². The summed E-state index contributed by atoms with van der Waals surface area (Å²) in [4.78, 5) is 24.8. The van der Waals surface area contributed by atoms with E-state index in [2.05, 4.69) is 73.1 Å². The van der Waals surface area contributed by atoms with Crippen molar-refractivity contribution in [2.75, 3.05) is 6.54 Å². The molecule has 184 valence electrons. The zero-order chi connectivity index (χ0) is 24.1. The highest BCUT2D eigenvalue weighted by atomic mass is 16.2. The fraction of sp³-hybridized carbons (Fsp3) is 0.667. The first-order chi connectivity index (χ1) is 15.9. The van der Waals surface area contributed by atoms with Crippen molar-refractivity contribution in [1.29, 1.82) is 0 Å². The van der Waals surface area contributed by atoms with Gasteiger partial charge < -0.3 is 10.6 Å². The van der Waals surface area contributed by atoms with E-state index >= 15 is 0 Å². The Labute approximate surface area is 200 Å². The first-order valence-electron chi connectivity index (χ1n) is 12.9. The van der Waals surface area contributed by atoms with Crippen molar-refractivity contribution in [2.45, 2.75) is 92.0 Å². The molecule has 0 spiro atoms. The second-order valence-corrected chi connectivity index (χ2v) is 9.61. The van der Waals surface area contributed by atoms with Crippen molar-refractivity contribution in [3.63, 3.8) is 0 Å². The summed E-state index contributed by atoms with van der Waals surface area (Å²) in [5.74, 6) is 1.02. The van der Waals surface area contributed by atoms with Gasteiger partial charge in [-0.3, -0.25) is 4.79 Å². The molecule has 1 saturated carbocycles. The Kier molecular flexibility index (Phi) is 12.0. The Hall–Kier alpha value is -2.37. The van der Waals surface area contributed by atoms with Gasteiger partial charge in [-0.15, -0.1) is 0 Å². The van der Waals surface area contributed by atoms with Crippen LogP contribution in [0, 0.1) is 24.7 Å². The Morgan fingerprint density at radius 3 is 2.36 bits per heavy atom. The maximum absolute atomic E-state index is 12.5. The minimum Gasteiger partial charge on any atom is -0.352 e. The summed E-state index contributed by atoms with van der Waals surface area (Å²) in [5, 5.41) is 10.5. The molecule has 1 aliphatic carbocycles. The van der Waals surface area contributed by atoms with Gasteiger partial charge in [0, 0.05) is 24.7 Å². The smallest absolute Gasteiger partial charge is 0.335 e. The van der Waals surface area contributed by atoms with Gasteiger partial charge in [-0.05, 0) is 69.3 Å². The monoisotopic (exact) mass is 456 g/mol. The number of amides is 3. The van der Waals surface area contributed by atoms with Crippen molar-refractivity contribution < 1.29 is 9.59 Å². The standard InChI is InChI=1S/C27H44N4O2/c1-5-7-8-9-25(21(4)6-2)30-31-27(33)29-19-23-14-16-24(17-15-23)26(32)28-18-22-12-10-20(3)11-13-22/h10-13,21,23-24H,5-9,14-19H2,1-4H3,(H,28,32)(H2,29,31,33)/b30-25-/t21-,23?,24?/m0/s1. The normalized spacial score (nSPS) is 19.6. The molecule has 1 aromatic rings. The van der Waals surface area contributed by atoms with E-state index in [1.54, 1.807) is 0 Å². The summed E-state index contributed by atoms with van der Waals surface area (Å²) in [5.41, 5.74) is 6.13. The number of rotatable bonds is 12. The molecule has 1 fully saturated rings. The van der Waals surface area contributed by atoms with E-state index in [1.807, 2.05) is 0 Å². The number of nitrogens with zero attached hydrogens (tertiary/aromatic N) is 1. The maximum atomic E-state index is 12.5. The predicted molar refractivity (Wildman–Crippen MR) is 136 cm³/mol. The van der Waals surface area contributed by atoms with Crippen molar-refractivity contribution in [3.05, 3.63) is 35.4 Å². The Balaban J connectivity index is 1.67. The molecule has 1 aliphatic rings. The Bertz CT molecular complexity index is 752. The van der Waals surface area contributed by atoms with E-state index in [1.165, 1.54) is 18.4 Å². The van der Waals surface area contributed by atoms with Gasteiger partial charge in [0.1, 0.15) is 0 Å². The molecule has 0 radical (unpaired) electrons. The van der Waals surface area contributed by atoms with Crippen LogP contribution >= 0.6 is 0 Å². The van der Waals surface area contributed by atoms with E-state index in [9.17, 15) is 9.59 Å². The number of benzene rings is 1. The number of carbonyl (C=O) groups is 2. The highest BCUT2D eigenvalue weighted by molar-refractivity contribution is 5.87. The zero-order valence-corrected chi connectivity index (χ0v) is 21.1. The minimum absolute atomic E-state index is 0.0753. The molecule has 3 N–H and O–H groups in total. The van der Waals surface area contributed by atoms with Gasteiger partial charge in [-0.2, -0.15) is 5.10 Å². The van der Waals surface area contributed by atoms with Crippen molar-refractivity contribution in [2.24, 2.45) is 22.9 Å². The van der Waals surface area contributed by atoms with Crippen LogP contribution in [0.4, 0.5) is 4.79 Å². The molecule has 33 heavy (non-hydrogen) atoms. The van der Waals surface area contributed by atoms with Crippen LogP contribution in [-0.4, -0.2) is 24.2 Å². The number of unbranched alkanes of at least 4 members (excludes halogenated alkanes) is 2. The Morgan fingerprint density at radius 1 is 1.03 bits per heavy atom. The van der Waals surface area contributed by atoms with Gasteiger partial charge in [0.05, 0.1) is 0 Å². The molecule has 1 atom stereocenters. The summed E-state index contributed by atoms with van der Waals surface area (Å²) in [6.07, 6.45) is 9.12. The quantitative estimate of drug-likeness (QED) is 0.214. The van der Waals surface area contributed by atoms with Crippen LogP contribution in [-0.2, 0) is 11.3 Å². The molecular formula is C27H44N4O2. The fourth-order valence-corrected chi connectivity index (χ4v) is 4.27. The minimum atomic E-state index is -0.232. The zero-order valence-electron chi connectivity index (χ0n) is 21.1. The molecule has 0 heterocycles. The van der Waals surface area contributed by atoms with E-state index in [4.69, 9.17) is 0 Å². The third kappa shape index (κ3) is 9.97. The van der Waals surface area contributed by atoms with E-state index in [-0.39, 0.29) is 17.9 Å². The number of nitrogens with one attached hydrogen (secondary N) is 3. The average Bonchev–Trinajstić information content (AvgIpc) is 2.84. The summed E-state index contributed by atoms with van der Waals surface area (Å²) >= 11 is 0. The second-order valence-electron chi connectivity index (χ2n) is 9.61. The molecule has 2 rings (SSSR count). The molecule has 3 amide bonds. The largest absolute Gasteiger partial charge is 0.352 e. The van der Waals surface area contributed by atoms with Crippen molar-refractivity contribution >= 4 is 17.6 Å². The number of hydrazone groups is 1. The van der Waals surface area contributed by atoms with Gasteiger partial charge in [0.15, 0.2) is 0 Å². The van der Waals surface area contributed by atoms with Gasteiger partial charge in [-0.25, -0.2) is 10.2 Å². The van der Waals surface area contributed by atoms with E-state index < -0.39 is 0 Å². The third-order valence-electron chi connectivity index (χ3n) is 6.87. The lowest BCUT2D eigenvalue weighted by Gasteiger charge is -2.27. The highest BCUT2D eigenvalue weighted by Gasteiger charge is 2.26. The van der Waals surface area contributed by atoms with Gasteiger partial charge in [0.2, 0.25) is 5.91 Å². The summed E-state index contributed by atoms with van der Waals surface area (Å²) in [6, 6.07) is 8.02. The third-order valence-corrected chi connectivity index (χ3v) is 6.87. The van der Waals surface area contributed by atoms with E-state index in [0.29, 0.717) is 24.9 Å². The van der Waals surface area contributed by atoms with Gasteiger partial charge in [0.25, 0.3) is 0 Å². The molecule has 6 heteroatoms. The van der Waals surface area contributed by atoms with Crippen LogP contribution in [0.3, 0.4) is 0 Å². The van der Waals surface area contributed by atoms with Crippen molar-refractivity contribution in [3.8, 4) is 0 Å². The van der Waals surface area contributed by atoms with Gasteiger partial charge in [-0.1, -0.05) is 63.4 Å². The number of carbonyl (C=O) groups excluding carboxylic acids is 2. The molecule has 6 nitrogen and oxygen atoms in total. The lowest BCUT2D eigenvalue weighted by Crippen LogP contribution is -2.39. The summed E-state index contributed by atoms with van der Waals surface area (Å²) in [7, 11) is 0. The molecular weight excluding hydrogens is 412 g/mol. The first-order valence-corrected chi connectivity index (χ1v) is 12.9. The lowest BCUT2D eigenvalue weighted by atomic mass is 9.81. The SMILES string of the molecule is CCCCC/C(=N/NC(=O)NCC1CCC(C(=O)NCc2ccc(C)cc2)CC1)[C@@H](C)CC. The van der Waals surface area contributed by atoms with Crippen LogP contribution in [0.2, 0.25) is 0 Å². The number of aryl methyl sites for hydroxylation is 1. The van der Waals surface area contributed by atoms with Crippen LogP contribution < -0.4 is 16.1 Å².